The number of imide groups is 1. The van der Waals surface area contributed by atoms with Crippen molar-refractivity contribution in [2.24, 2.45) is 33.7 Å². The van der Waals surface area contributed by atoms with Crippen molar-refractivity contribution in [3.8, 4) is 23.0 Å². The second-order valence-electron chi connectivity index (χ2n) is 30.1. The highest BCUT2D eigenvalue weighted by Crippen LogP contribution is 2.45. The number of anilines is 1. The fourth-order valence-electron chi connectivity index (χ4n) is 14.8. The Morgan fingerprint density at radius 2 is 0.982 bits per heavy atom. The molecule has 2 aliphatic carbocycles. The summed E-state index contributed by atoms with van der Waals surface area (Å²) >= 11 is 0. The molecule has 2 unspecified atom stereocenters. The average Bonchev–Trinajstić information content (AvgIpc) is 1.63. The minimum absolute atomic E-state index is 0.0160. The third-order valence-electron chi connectivity index (χ3n) is 21.4. The fraction of sp³-hybridized carbons (Fsp3) is 0.624. The smallest absolute Gasteiger partial charge is 0.260 e. The molecule has 624 valence electrons. The number of carbonyl (C=O) groups is 8. The summed E-state index contributed by atoms with van der Waals surface area (Å²) in [7, 11) is 3.05. The molecule has 29 heteroatoms. The molecule has 0 radical (unpaired) electrons. The van der Waals surface area contributed by atoms with E-state index in [4.69, 9.17) is 66.8 Å². The number of benzene rings is 3. The van der Waals surface area contributed by atoms with E-state index in [1.165, 1.54) is 81.8 Å². The standard InChI is InChI=1S/C85H119N9O20/c1-58(2)80(91-78(96)26-31-105-33-35-107-37-39-109-41-43-111-45-46-112-44-42-110-40-38-108-36-34-106-32-27-86-77(95)25-28-92-79(97)51-68(83(92)100)62-17-14-12-10-8-6-7-9-11-13-15-18-62)82(99)89-59(3)81(98)90-65-23-21-61(22-24-65)64-48-67-55-88-72-53-76(74(104-5)50-70(72)85(102)94(67)57-64)114-30-16-29-113-75-52-71-69(49-73(75)103-4)84(101)93-56-63(60-19-20-60)47-66(93)54-87-71/h21-24,49-50,52-60,62,66-68,80H,6-20,25-48,51H2,1-5H3,(H,86,95)(H,89,99)(H,90,98)(H,91,96)/t59-,66-,67-,68?,80?/m0/s1. The second-order valence-corrected chi connectivity index (χ2v) is 30.1. The highest BCUT2D eigenvalue weighted by Gasteiger charge is 2.43. The van der Waals surface area contributed by atoms with E-state index in [0.29, 0.717) is 169 Å². The van der Waals surface area contributed by atoms with E-state index >= 15 is 0 Å². The van der Waals surface area contributed by atoms with E-state index < -0.39 is 23.9 Å². The zero-order valence-electron chi connectivity index (χ0n) is 67.2. The molecule has 1 saturated heterocycles. The molecule has 10 rings (SSSR count). The molecule has 5 atom stereocenters. The largest absolute Gasteiger partial charge is 0.493 e. The fourth-order valence-corrected chi connectivity index (χ4v) is 14.8. The molecule has 8 amide bonds. The number of hydrogen-bond donors (Lipinski definition) is 4. The third-order valence-corrected chi connectivity index (χ3v) is 21.4. The van der Waals surface area contributed by atoms with Crippen LogP contribution in [-0.4, -0.2) is 245 Å². The lowest BCUT2D eigenvalue weighted by Gasteiger charge is -2.24. The van der Waals surface area contributed by atoms with Gasteiger partial charge in [0.15, 0.2) is 23.0 Å². The predicted molar refractivity (Wildman–Crippen MR) is 428 cm³/mol. The van der Waals surface area contributed by atoms with Crippen molar-refractivity contribution in [3.05, 3.63) is 83.2 Å². The van der Waals surface area contributed by atoms with Gasteiger partial charge in [-0.15, -0.1) is 0 Å². The lowest BCUT2D eigenvalue weighted by atomic mass is 9.82. The Morgan fingerprint density at radius 3 is 1.48 bits per heavy atom. The van der Waals surface area contributed by atoms with Gasteiger partial charge in [-0.1, -0.05) is 90.2 Å². The third kappa shape index (κ3) is 27.0. The number of ether oxygens (including phenoxy) is 12. The Bertz CT molecular complexity index is 3770. The Morgan fingerprint density at radius 1 is 0.500 bits per heavy atom. The number of likely N-dealkylation sites (tertiary alicyclic amines) is 1. The van der Waals surface area contributed by atoms with Crippen LogP contribution in [0.5, 0.6) is 23.0 Å². The average molecular weight is 1590 g/mol. The van der Waals surface area contributed by atoms with Gasteiger partial charge in [0.2, 0.25) is 35.4 Å². The number of nitrogens with zero attached hydrogens (tertiary/aromatic N) is 5. The van der Waals surface area contributed by atoms with Crippen LogP contribution >= 0.6 is 0 Å². The summed E-state index contributed by atoms with van der Waals surface area (Å²) in [6, 6.07) is 11.7. The highest BCUT2D eigenvalue weighted by atomic mass is 16.6. The first-order valence-corrected chi connectivity index (χ1v) is 41.2. The number of amides is 8. The van der Waals surface area contributed by atoms with Gasteiger partial charge >= 0.3 is 0 Å². The van der Waals surface area contributed by atoms with Crippen molar-refractivity contribution >= 4 is 82.3 Å². The van der Waals surface area contributed by atoms with Gasteiger partial charge < -0.3 is 87.9 Å². The lowest BCUT2D eigenvalue weighted by Crippen LogP contribution is -2.53. The minimum atomic E-state index is -0.938. The molecule has 3 aromatic carbocycles. The van der Waals surface area contributed by atoms with E-state index in [0.717, 1.165) is 43.2 Å². The number of hydrogen-bond acceptors (Lipinski definition) is 22. The quantitative estimate of drug-likeness (QED) is 0.0302. The number of methoxy groups -OCH3 is 2. The van der Waals surface area contributed by atoms with Crippen LogP contribution in [0.3, 0.4) is 0 Å². The maximum atomic E-state index is 14.2. The lowest BCUT2D eigenvalue weighted by molar-refractivity contribution is -0.140. The molecule has 0 bridgehead atoms. The molecule has 7 aliphatic rings. The molecule has 0 aromatic heterocycles. The van der Waals surface area contributed by atoms with Gasteiger partial charge in [0.1, 0.15) is 12.1 Å². The first kappa shape index (κ1) is 87.7. The summed E-state index contributed by atoms with van der Waals surface area (Å²) in [6.07, 6.45) is 26.2. The molecular formula is C85H119N9O20. The molecule has 3 fully saturated rings. The van der Waals surface area contributed by atoms with Crippen molar-refractivity contribution < 1.29 is 95.2 Å². The van der Waals surface area contributed by atoms with Crippen LogP contribution < -0.4 is 40.2 Å². The van der Waals surface area contributed by atoms with Crippen LogP contribution in [0, 0.1) is 23.7 Å². The Balaban J connectivity index is 0.498. The van der Waals surface area contributed by atoms with Crippen LogP contribution in [0.25, 0.3) is 5.57 Å². The first-order chi connectivity index (χ1) is 55.6. The Labute approximate surface area is 670 Å². The van der Waals surface area contributed by atoms with Crippen molar-refractivity contribution in [2.45, 2.75) is 173 Å². The van der Waals surface area contributed by atoms with Crippen molar-refractivity contribution in [1.82, 2.24) is 30.7 Å². The van der Waals surface area contributed by atoms with Gasteiger partial charge in [0.05, 0.1) is 174 Å². The highest BCUT2D eigenvalue weighted by molar-refractivity contribution is 6.07. The number of aliphatic imine (C=N–C) groups is 2. The normalized spacial score (nSPS) is 19.1. The van der Waals surface area contributed by atoms with E-state index in [1.807, 2.05) is 30.7 Å². The van der Waals surface area contributed by atoms with Crippen LogP contribution in [0.15, 0.2) is 76.5 Å². The van der Waals surface area contributed by atoms with Gasteiger partial charge in [0.25, 0.3) is 11.8 Å². The number of carbonyl (C=O) groups excluding carboxylic acids is 8. The van der Waals surface area contributed by atoms with Crippen molar-refractivity contribution in [3.63, 3.8) is 0 Å². The summed E-state index contributed by atoms with van der Waals surface area (Å²) in [5, 5.41) is 11.2. The summed E-state index contributed by atoms with van der Waals surface area (Å²) < 4.78 is 68.2. The van der Waals surface area contributed by atoms with Crippen LogP contribution in [0.1, 0.15) is 175 Å². The van der Waals surface area contributed by atoms with Crippen LogP contribution in [-0.2, 0) is 66.7 Å². The van der Waals surface area contributed by atoms with E-state index in [9.17, 15) is 38.4 Å². The zero-order chi connectivity index (χ0) is 80.4. The summed E-state index contributed by atoms with van der Waals surface area (Å²) in [5.74, 6) is -0.170. The number of rotatable bonds is 47. The van der Waals surface area contributed by atoms with Gasteiger partial charge in [-0.2, -0.15) is 0 Å². The van der Waals surface area contributed by atoms with Crippen molar-refractivity contribution in [2.75, 3.05) is 152 Å². The number of fused-ring (bicyclic) bond motifs is 4. The van der Waals surface area contributed by atoms with E-state index in [-0.39, 0.29) is 118 Å². The Hall–Kier alpha value is -8.68. The molecular weight excluding hydrogens is 1470 g/mol. The van der Waals surface area contributed by atoms with E-state index in [2.05, 4.69) is 21.3 Å². The van der Waals surface area contributed by atoms with Crippen LogP contribution in [0.4, 0.5) is 17.1 Å². The van der Waals surface area contributed by atoms with E-state index in [1.54, 1.807) is 80.3 Å². The van der Waals surface area contributed by atoms with Gasteiger partial charge in [-0.25, -0.2) is 0 Å². The molecule has 2 saturated carbocycles. The predicted octanol–water partition coefficient (Wildman–Crippen LogP) is 10.0. The summed E-state index contributed by atoms with van der Waals surface area (Å²) in [5.41, 5.74) is 5.34. The molecule has 29 nitrogen and oxygen atoms in total. The van der Waals surface area contributed by atoms with Gasteiger partial charge in [0, 0.05) is 87.8 Å². The molecule has 114 heavy (non-hydrogen) atoms. The van der Waals surface area contributed by atoms with Gasteiger partial charge in [-0.05, 0) is 97.8 Å². The molecule has 4 N–H and O–H groups in total. The monoisotopic (exact) mass is 1590 g/mol. The summed E-state index contributed by atoms with van der Waals surface area (Å²) in [4.78, 5) is 121. The molecule has 5 heterocycles. The maximum absolute atomic E-state index is 14.2. The summed E-state index contributed by atoms with van der Waals surface area (Å²) in [6.45, 7) is 11.9. The van der Waals surface area contributed by atoms with Crippen LogP contribution in [0.2, 0.25) is 0 Å². The second kappa shape index (κ2) is 46.8. The Kier molecular flexibility index (Phi) is 36.0. The number of nitrogens with one attached hydrogen (secondary N) is 4. The molecule has 3 aromatic rings. The molecule has 5 aliphatic heterocycles. The SMILES string of the molecule is COc1cc2c(cc1OCCCOc1cc3c(cc1OC)C(=O)N1C=C(C4CC4)C[C@H]1C=N3)N=C[C@@H]1CC(c3ccc(NC(=O)[C@H](C)NC(=O)C(NC(=O)CCOCCOCCOCCOCCOCCOCCOCCOCCNC(=O)CCN4C(=O)CC(C5CCCCCCCCCCCC5)C4=O)C(C)C)cc3)=CN1C2=O. The topological polar surface area (TPSA) is 330 Å². The first-order valence-electron chi connectivity index (χ1n) is 41.2. The molecule has 0 spiro atoms. The minimum Gasteiger partial charge on any atom is -0.493 e. The van der Waals surface area contributed by atoms with Crippen molar-refractivity contribution in [1.29, 1.82) is 0 Å². The zero-order valence-corrected chi connectivity index (χ0v) is 67.2. The van der Waals surface area contributed by atoms with Gasteiger partial charge in [-0.3, -0.25) is 53.2 Å². The maximum Gasteiger partial charge on any atom is 0.260 e.